The summed E-state index contributed by atoms with van der Waals surface area (Å²) < 4.78 is 0. The summed E-state index contributed by atoms with van der Waals surface area (Å²) in [7, 11) is 0. The molecule has 1 heterocycles. The molecule has 1 unspecified atom stereocenters. The minimum atomic E-state index is 0.132. The summed E-state index contributed by atoms with van der Waals surface area (Å²) in [5.41, 5.74) is 0. The third-order valence-corrected chi connectivity index (χ3v) is 2.60. The summed E-state index contributed by atoms with van der Waals surface area (Å²) in [4.78, 5) is 13.8. The Bertz CT molecular complexity index is 180. The highest BCUT2D eigenvalue weighted by atomic mass is 16.2. The van der Waals surface area contributed by atoms with E-state index in [4.69, 9.17) is 0 Å². The minimum absolute atomic E-state index is 0.132. The summed E-state index contributed by atoms with van der Waals surface area (Å²) in [6.07, 6.45) is 1.05. The summed E-state index contributed by atoms with van der Waals surface area (Å²) in [5, 5.41) is 3.32. The molecule has 1 rings (SSSR count). The van der Waals surface area contributed by atoms with Crippen molar-refractivity contribution in [2.75, 3.05) is 19.6 Å². The van der Waals surface area contributed by atoms with Crippen molar-refractivity contribution in [3.8, 4) is 0 Å². The molecular formula is C10H20N2O. The average Bonchev–Trinajstić information content (AvgIpc) is 2.16. The Morgan fingerprint density at radius 2 is 2.31 bits per heavy atom. The van der Waals surface area contributed by atoms with Crippen LogP contribution in [-0.2, 0) is 4.79 Å². The largest absolute Gasteiger partial charge is 0.337 e. The Hall–Kier alpha value is -0.570. The van der Waals surface area contributed by atoms with Gasteiger partial charge in [0.15, 0.2) is 0 Å². The first-order chi connectivity index (χ1) is 6.16. The lowest BCUT2D eigenvalue weighted by molar-refractivity contribution is -0.137. The standard InChI is InChI=1S/C10H20N2O/c1-4-9-7-11-5-6-12(9)10(13)8(2)3/h8-9,11H,4-7H2,1-3H3. The molecule has 76 valence electrons. The molecule has 3 heteroatoms. The molecule has 1 amide bonds. The van der Waals surface area contributed by atoms with Gasteiger partial charge >= 0.3 is 0 Å². The molecule has 1 aliphatic rings. The Morgan fingerprint density at radius 3 is 2.85 bits per heavy atom. The monoisotopic (exact) mass is 184 g/mol. The van der Waals surface area contributed by atoms with E-state index in [0.717, 1.165) is 26.1 Å². The fourth-order valence-corrected chi connectivity index (χ4v) is 1.75. The fourth-order valence-electron chi connectivity index (χ4n) is 1.75. The van der Waals surface area contributed by atoms with Crippen LogP contribution in [0.5, 0.6) is 0 Å². The van der Waals surface area contributed by atoms with E-state index in [1.54, 1.807) is 0 Å². The van der Waals surface area contributed by atoms with Crippen molar-refractivity contribution in [1.82, 2.24) is 10.2 Å². The number of nitrogens with one attached hydrogen (secondary N) is 1. The van der Waals surface area contributed by atoms with Crippen LogP contribution in [0.25, 0.3) is 0 Å². The number of carbonyl (C=O) groups excluding carboxylic acids is 1. The van der Waals surface area contributed by atoms with Gasteiger partial charge in [0.2, 0.25) is 5.91 Å². The van der Waals surface area contributed by atoms with Crippen LogP contribution in [0.3, 0.4) is 0 Å². The summed E-state index contributed by atoms with van der Waals surface area (Å²) in [6.45, 7) is 8.84. The Labute approximate surface area is 80.5 Å². The van der Waals surface area contributed by atoms with Crippen LogP contribution in [0.2, 0.25) is 0 Å². The Morgan fingerprint density at radius 1 is 1.62 bits per heavy atom. The van der Waals surface area contributed by atoms with Gasteiger partial charge in [0.05, 0.1) is 0 Å². The van der Waals surface area contributed by atoms with Crippen molar-refractivity contribution in [1.29, 1.82) is 0 Å². The molecule has 0 bridgehead atoms. The lowest BCUT2D eigenvalue weighted by Crippen LogP contribution is -2.54. The van der Waals surface area contributed by atoms with Gasteiger partial charge in [0.1, 0.15) is 0 Å². The van der Waals surface area contributed by atoms with Gasteiger partial charge in [-0.15, -0.1) is 0 Å². The van der Waals surface area contributed by atoms with E-state index in [9.17, 15) is 4.79 Å². The van der Waals surface area contributed by atoms with Gasteiger partial charge in [0.25, 0.3) is 0 Å². The number of rotatable bonds is 2. The molecule has 1 fully saturated rings. The minimum Gasteiger partial charge on any atom is -0.337 e. The first-order valence-corrected chi connectivity index (χ1v) is 5.18. The van der Waals surface area contributed by atoms with Gasteiger partial charge in [-0.25, -0.2) is 0 Å². The van der Waals surface area contributed by atoms with Crippen molar-refractivity contribution in [2.45, 2.75) is 33.2 Å². The highest BCUT2D eigenvalue weighted by Crippen LogP contribution is 2.11. The molecule has 0 aromatic heterocycles. The fraction of sp³-hybridized carbons (Fsp3) is 0.900. The van der Waals surface area contributed by atoms with E-state index in [1.165, 1.54) is 0 Å². The Balaban J connectivity index is 2.58. The molecule has 1 saturated heterocycles. The molecule has 13 heavy (non-hydrogen) atoms. The first-order valence-electron chi connectivity index (χ1n) is 5.18. The molecule has 0 spiro atoms. The molecule has 0 aliphatic carbocycles. The summed E-state index contributed by atoms with van der Waals surface area (Å²) in [6, 6.07) is 0.406. The zero-order valence-corrected chi connectivity index (χ0v) is 8.84. The second-order valence-electron chi connectivity index (χ2n) is 3.95. The SMILES string of the molecule is CCC1CNCCN1C(=O)C(C)C. The van der Waals surface area contributed by atoms with Crippen molar-refractivity contribution in [3.05, 3.63) is 0 Å². The lowest BCUT2D eigenvalue weighted by Gasteiger charge is -2.36. The van der Waals surface area contributed by atoms with E-state index in [0.29, 0.717) is 11.9 Å². The van der Waals surface area contributed by atoms with Crippen LogP contribution < -0.4 is 5.32 Å². The number of carbonyl (C=O) groups is 1. The molecule has 0 saturated carbocycles. The third kappa shape index (κ3) is 2.44. The van der Waals surface area contributed by atoms with Crippen molar-refractivity contribution in [2.24, 2.45) is 5.92 Å². The van der Waals surface area contributed by atoms with Crippen LogP contribution in [0.15, 0.2) is 0 Å². The smallest absolute Gasteiger partial charge is 0.225 e. The maximum atomic E-state index is 11.8. The predicted octanol–water partition coefficient (Wildman–Crippen LogP) is 0.853. The molecule has 1 atom stereocenters. The summed E-state index contributed by atoms with van der Waals surface area (Å²) >= 11 is 0. The normalized spacial score (nSPS) is 23.7. The molecule has 3 nitrogen and oxygen atoms in total. The van der Waals surface area contributed by atoms with Crippen molar-refractivity contribution in [3.63, 3.8) is 0 Å². The zero-order chi connectivity index (χ0) is 9.84. The second-order valence-corrected chi connectivity index (χ2v) is 3.95. The van der Waals surface area contributed by atoms with Gasteiger partial charge in [-0.3, -0.25) is 4.79 Å². The number of piperazine rings is 1. The Kier molecular flexibility index (Phi) is 3.72. The van der Waals surface area contributed by atoms with E-state index in [-0.39, 0.29) is 5.92 Å². The van der Waals surface area contributed by atoms with Gasteiger partial charge in [0, 0.05) is 31.6 Å². The molecular weight excluding hydrogens is 164 g/mol. The lowest BCUT2D eigenvalue weighted by atomic mass is 10.1. The van der Waals surface area contributed by atoms with Gasteiger partial charge in [-0.2, -0.15) is 0 Å². The number of amides is 1. The molecule has 0 aromatic rings. The van der Waals surface area contributed by atoms with Gasteiger partial charge in [-0.05, 0) is 6.42 Å². The quantitative estimate of drug-likeness (QED) is 0.690. The molecule has 0 radical (unpaired) electrons. The highest BCUT2D eigenvalue weighted by Gasteiger charge is 2.26. The predicted molar refractivity (Wildman–Crippen MR) is 53.5 cm³/mol. The van der Waals surface area contributed by atoms with E-state index in [1.807, 2.05) is 18.7 Å². The number of hydrogen-bond acceptors (Lipinski definition) is 2. The zero-order valence-electron chi connectivity index (χ0n) is 8.84. The molecule has 0 aromatic carbocycles. The maximum Gasteiger partial charge on any atom is 0.225 e. The average molecular weight is 184 g/mol. The van der Waals surface area contributed by atoms with E-state index < -0.39 is 0 Å². The van der Waals surface area contributed by atoms with Gasteiger partial charge in [-0.1, -0.05) is 20.8 Å². The topological polar surface area (TPSA) is 32.3 Å². The van der Waals surface area contributed by atoms with Crippen LogP contribution in [0.1, 0.15) is 27.2 Å². The van der Waals surface area contributed by atoms with Gasteiger partial charge < -0.3 is 10.2 Å². The molecule has 1 N–H and O–H groups in total. The highest BCUT2D eigenvalue weighted by molar-refractivity contribution is 5.78. The summed E-state index contributed by atoms with van der Waals surface area (Å²) in [5.74, 6) is 0.431. The molecule has 1 aliphatic heterocycles. The number of nitrogens with zero attached hydrogens (tertiary/aromatic N) is 1. The maximum absolute atomic E-state index is 11.8. The third-order valence-electron chi connectivity index (χ3n) is 2.60. The van der Waals surface area contributed by atoms with Crippen LogP contribution in [-0.4, -0.2) is 36.5 Å². The second kappa shape index (κ2) is 4.61. The van der Waals surface area contributed by atoms with E-state index in [2.05, 4.69) is 12.2 Å². The van der Waals surface area contributed by atoms with Crippen molar-refractivity contribution < 1.29 is 4.79 Å². The first kappa shape index (κ1) is 10.5. The van der Waals surface area contributed by atoms with Crippen LogP contribution >= 0.6 is 0 Å². The van der Waals surface area contributed by atoms with Crippen LogP contribution in [0.4, 0.5) is 0 Å². The van der Waals surface area contributed by atoms with Crippen LogP contribution in [0, 0.1) is 5.92 Å². The van der Waals surface area contributed by atoms with E-state index >= 15 is 0 Å². The van der Waals surface area contributed by atoms with Crippen molar-refractivity contribution >= 4 is 5.91 Å². The number of hydrogen-bond donors (Lipinski definition) is 1.